The second-order valence-corrected chi connectivity index (χ2v) is 8.24. The molecule has 0 amide bonds. The van der Waals surface area contributed by atoms with Gasteiger partial charge >= 0.3 is 0 Å². The van der Waals surface area contributed by atoms with Crippen LogP contribution in [0.5, 0.6) is 11.6 Å². The molecule has 0 bridgehead atoms. The number of benzene rings is 3. The first-order valence-corrected chi connectivity index (χ1v) is 10.4. The molecule has 0 fully saturated rings. The van der Waals surface area contributed by atoms with Crippen LogP contribution in [0.4, 0.5) is 10.1 Å². The molecule has 1 aromatic heterocycles. The van der Waals surface area contributed by atoms with Gasteiger partial charge in [0.05, 0.1) is 4.88 Å². The number of aromatic nitrogens is 1. The molecular weight excluding hydrogens is 419 g/mol. The molecule has 0 aliphatic rings. The smallest absolute Gasteiger partial charge is 0.233 e. The van der Waals surface area contributed by atoms with Crippen molar-refractivity contribution in [1.82, 2.24) is 4.98 Å². The van der Waals surface area contributed by atoms with E-state index in [-0.39, 0.29) is 5.82 Å². The lowest BCUT2D eigenvalue weighted by Gasteiger charge is -2.11. The monoisotopic (exact) mass is 436 g/mol. The molecule has 1 N–H and O–H groups in total. The Morgan fingerprint density at radius 3 is 2.43 bits per heavy atom. The van der Waals surface area contributed by atoms with Gasteiger partial charge < -0.3 is 10.1 Å². The minimum atomic E-state index is -0.314. The maximum absolute atomic E-state index is 13.9. The Labute approximate surface area is 183 Å². The highest BCUT2D eigenvalue weighted by molar-refractivity contribution is 7.15. The van der Waals surface area contributed by atoms with Gasteiger partial charge in [0.25, 0.3) is 0 Å². The molecule has 0 saturated carbocycles. The largest absolute Gasteiger partial charge is 0.438 e. The summed E-state index contributed by atoms with van der Waals surface area (Å²) < 4.78 is 19.9. The molecule has 4 rings (SSSR count). The zero-order chi connectivity index (χ0) is 21.1. The maximum Gasteiger partial charge on any atom is 0.233 e. The fraction of sp³-hybridized carbons (Fsp3) is 0.0417. The molecule has 1 heterocycles. The van der Waals surface area contributed by atoms with Gasteiger partial charge in [-0.15, -0.1) is 11.3 Å². The first-order chi connectivity index (χ1) is 14.5. The van der Waals surface area contributed by atoms with E-state index in [9.17, 15) is 4.39 Å². The second kappa shape index (κ2) is 8.69. The normalized spacial score (nSPS) is 10.6. The maximum atomic E-state index is 13.9. The third-order valence-electron chi connectivity index (χ3n) is 4.41. The Hall–Kier alpha value is -3.15. The summed E-state index contributed by atoms with van der Waals surface area (Å²) in [7, 11) is 0. The Kier molecular flexibility index (Phi) is 5.84. The first-order valence-electron chi connectivity index (χ1n) is 9.22. The van der Waals surface area contributed by atoms with Crippen LogP contribution in [0.25, 0.3) is 16.3 Å². The third-order valence-corrected chi connectivity index (χ3v) is 5.66. The molecule has 0 aliphatic heterocycles. The highest BCUT2D eigenvalue weighted by atomic mass is 35.5. The van der Waals surface area contributed by atoms with Crippen molar-refractivity contribution in [1.29, 1.82) is 0 Å². The predicted octanol–water partition coefficient (Wildman–Crippen LogP) is 7.79. The number of aryl methyl sites for hydroxylation is 1. The average Bonchev–Trinajstić information content (AvgIpc) is 3.10. The van der Waals surface area contributed by atoms with Gasteiger partial charge in [-0.2, -0.15) is 0 Å². The van der Waals surface area contributed by atoms with Gasteiger partial charge in [-0.3, -0.25) is 0 Å². The van der Waals surface area contributed by atoms with Crippen LogP contribution < -0.4 is 10.1 Å². The topological polar surface area (TPSA) is 34.1 Å². The molecule has 150 valence electrons. The number of nitrogens with zero attached hydrogens (tertiary/aromatic N) is 1. The van der Waals surface area contributed by atoms with Crippen molar-refractivity contribution >= 4 is 34.3 Å². The summed E-state index contributed by atoms with van der Waals surface area (Å²) in [5, 5.41) is 4.68. The molecule has 0 unspecified atom stereocenters. The molecule has 0 aliphatic carbocycles. The number of nitrogens with one attached hydrogen (secondary N) is 1. The fourth-order valence-corrected chi connectivity index (χ4v) is 3.83. The Balaban J connectivity index is 1.46. The van der Waals surface area contributed by atoms with Gasteiger partial charge in [0, 0.05) is 27.5 Å². The fourth-order valence-electron chi connectivity index (χ4n) is 2.86. The zero-order valence-corrected chi connectivity index (χ0v) is 17.7. The zero-order valence-electron chi connectivity index (χ0n) is 16.2. The lowest BCUT2D eigenvalue weighted by atomic mass is 10.1. The predicted molar refractivity (Wildman–Crippen MR) is 123 cm³/mol. The molecule has 6 heteroatoms. The van der Waals surface area contributed by atoms with Gasteiger partial charge in [-0.05, 0) is 55.5 Å². The number of thiazole rings is 1. The third kappa shape index (κ3) is 4.53. The highest BCUT2D eigenvalue weighted by Crippen LogP contribution is 2.35. The van der Waals surface area contributed by atoms with Crippen LogP contribution in [-0.2, 0) is 0 Å². The van der Waals surface area contributed by atoms with Crippen molar-refractivity contribution in [2.24, 2.45) is 0 Å². The highest BCUT2D eigenvalue weighted by Gasteiger charge is 2.12. The van der Waals surface area contributed by atoms with Crippen molar-refractivity contribution < 1.29 is 9.13 Å². The van der Waals surface area contributed by atoms with Crippen molar-refractivity contribution in [2.45, 2.75) is 6.92 Å². The summed E-state index contributed by atoms with van der Waals surface area (Å²) in [6.07, 6.45) is 0. The van der Waals surface area contributed by atoms with Crippen LogP contribution in [0.2, 0.25) is 5.02 Å². The lowest BCUT2D eigenvalue weighted by Crippen LogP contribution is -1.99. The Morgan fingerprint density at radius 2 is 1.73 bits per heavy atom. The van der Waals surface area contributed by atoms with Gasteiger partial charge in [0.15, 0.2) is 0 Å². The van der Waals surface area contributed by atoms with Crippen molar-refractivity contribution in [3.05, 3.63) is 101 Å². The van der Waals surface area contributed by atoms with E-state index in [0.717, 1.165) is 21.1 Å². The van der Waals surface area contributed by atoms with E-state index < -0.39 is 0 Å². The van der Waals surface area contributed by atoms with Gasteiger partial charge in [0.1, 0.15) is 16.6 Å². The number of hydrogen-bond donors (Lipinski definition) is 1. The van der Waals surface area contributed by atoms with Crippen LogP contribution >= 0.6 is 22.9 Å². The molecule has 0 atom stereocenters. The molecule has 3 nitrogen and oxygen atoms in total. The minimum absolute atomic E-state index is 0.314. The average molecular weight is 437 g/mol. The molecule has 30 heavy (non-hydrogen) atoms. The number of anilines is 1. The number of rotatable bonds is 6. The summed E-state index contributed by atoms with van der Waals surface area (Å²) in [5.74, 6) is 0.917. The van der Waals surface area contributed by atoms with E-state index in [1.54, 1.807) is 29.5 Å². The number of halogens is 2. The Morgan fingerprint density at radius 1 is 1.03 bits per heavy atom. The second-order valence-electron chi connectivity index (χ2n) is 6.60. The van der Waals surface area contributed by atoms with E-state index in [0.29, 0.717) is 27.9 Å². The Bertz CT molecular complexity index is 1190. The lowest BCUT2D eigenvalue weighted by molar-refractivity contribution is 0.463. The van der Waals surface area contributed by atoms with Crippen LogP contribution in [0.3, 0.4) is 0 Å². The standard InChI is InChI=1S/C24H18ClFN2OS/c1-15(21-5-3-4-6-22(21)26)27-19-11-13-20(14-12-19)29-23-16(2)30-24(28-23)17-7-9-18(25)10-8-17/h3-14,27H,1H2,2H3. The van der Waals surface area contributed by atoms with E-state index in [1.165, 1.54) is 6.07 Å². The van der Waals surface area contributed by atoms with E-state index in [1.807, 2.05) is 55.5 Å². The molecule has 4 aromatic rings. The van der Waals surface area contributed by atoms with Gasteiger partial charge in [-0.1, -0.05) is 42.4 Å². The van der Waals surface area contributed by atoms with E-state index >= 15 is 0 Å². The van der Waals surface area contributed by atoms with E-state index in [2.05, 4.69) is 16.9 Å². The summed E-state index contributed by atoms with van der Waals surface area (Å²) in [6.45, 7) is 5.89. The van der Waals surface area contributed by atoms with Gasteiger partial charge in [-0.25, -0.2) is 9.37 Å². The van der Waals surface area contributed by atoms with Gasteiger partial charge in [0.2, 0.25) is 5.88 Å². The summed E-state index contributed by atoms with van der Waals surface area (Å²) >= 11 is 7.52. The van der Waals surface area contributed by atoms with Crippen molar-refractivity contribution in [3.8, 4) is 22.2 Å². The molecule has 0 saturated heterocycles. The molecule has 0 radical (unpaired) electrons. The van der Waals surface area contributed by atoms with Crippen molar-refractivity contribution in [3.63, 3.8) is 0 Å². The molecule has 3 aromatic carbocycles. The molecule has 0 spiro atoms. The van der Waals surface area contributed by atoms with Crippen LogP contribution in [0, 0.1) is 12.7 Å². The SMILES string of the molecule is C=C(Nc1ccc(Oc2nc(-c3ccc(Cl)cc3)sc2C)cc1)c1ccccc1F. The number of hydrogen-bond acceptors (Lipinski definition) is 4. The minimum Gasteiger partial charge on any atom is -0.438 e. The van der Waals surface area contributed by atoms with Crippen molar-refractivity contribution in [2.75, 3.05) is 5.32 Å². The van der Waals surface area contributed by atoms with Crippen LogP contribution in [-0.4, -0.2) is 4.98 Å². The van der Waals surface area contributed by atoms with Crippen LogP contribution in [0.15, 0.2) is 79.4 Å². The summed E-state index contributed by atoms with van der Waals surface area (Å²) in [5.41, 5.74) is 2.70. The van der Waals surface area contributed by atoms with E-state index in [4.69, 9.17) is 16.3 Å². The quantitative estimate of drug-likeness (QED) is 0.335. The summed E-state index contributed by atoms with van der Waals surface area (Å²) in [4.78, 5) is 5.59. The van der Waals surface area contributed by atoms with Crippen LogP contribution in [0.1, 0.15) is 10.4 Å². The summed E-state index contributed by atoms with van der Waals surface area (Å²) in [6, 6.07) is 21.4. The number of ether oxygens (including phenoxy) is 1. The first kappa shape index (κ1) is 20.1. The molecular formula is C24H18ClFN2OS.